The molecule has 0 unspecified atom stereocenters. The standard InChI is InChI=1S/C23H23FN4O4/c24-19-10-13(1-2-14(19)11-25)22(30)27-16-3-5-17(6-4-16)32-23-18(21(26)29)9-15-12-31-8-7-20(15)28-23/h1-2,9-10,16-17H,3-8,12H2,(H2,26,29)(H,27,30)/t16-,17-. The molecule has 1 aromatic carbocycles. The van der Waals surface area contributed by atoms with Gasteiger partial charge in [0.1, 0.15) is 23.6 Å². The summed E-state index contributed by atoms with van der Waals surface area (Å²) in [7, 11) is 0. The number of carbonyl (C=O) groups is 2. The summed E-state index contributed by atoms with van der Waals surface area (Å²) in [6.45, 7) is 0.972. The highest BCUT2D eigenvalue weighted by Gasteiger charge is 2.27. The van der Waals surface area contributed by atoms with E-state index >= 15 is 0 Å². The summed E-state index contributed by atoms with van der Waals surface area (Å²) in [6, 6.07) is 7.15. The summed E-state index contributed by atoms with van der Waals surface area (Å²) >= 11 is 0. The number of nitrogens with one attached hydrogen (secondary N) is 1. The molecule has 1 aliphatic heterocycles. The van der Waals surface area contributed by atoms with Crippen molar-refractivity contribution in [2.24, 2.45) is 5.73 Å². The van der Waals surface area contributed by atoms with Crippen molar-refractivity contribution in [3.05, 3.63) is 58.0 Å². The summed E-state index contributed by atoms with van der Waals surface area (Å²) in [5, 5.41) is 11.7. The molecule has 0 spiro atoms. The van der Waals surface area contributed by atoms with Gasteiger partial charge in [0.2, 0.25) is 5.88 Å². The number of primary amides is 1. The highest BCUT2D eigenvalue weighted by Crippen LogP contribution is 2.28. The number of aromatic nitrogens is 1. The Morgan fingerprint density at radius 3 is 2.72 bits per heavy atom. The van der Waals surface area contributed by atoms with E-state index in [4.69, 9.17) is 20.5 Å². The van der Waals surface area contributed by atoms with Crippen molar-refractivity contribution in [3.63, 3.8) is 0 Å². The first-order valence-corrected chi connectivity index (χ1v) is 10.5. The van der Waals surface area contributed by atoms with E-state index in [9.17, 15) is 14.0 Å². The molecule has 1 fully saturated rings. The van der Waals surface area contributed by atoms with E-state index in [0.29, 0.717) is 45.3 Å². The Morgan fingerprint density at radius 1 is 1.25 bits per heavy atom. The molecule has 4 rings (SSSR count). The normalized spacial score (nSPS) is 20.0. The molecular weight excluding hydrogens is 415 g/mol. The van der Waals surface area contributed by atoms with E-state index in [-0.39, 0.29) is 40.6 Å². The Kier molecular flexibility index (Phi) is 6.32. The van der Waals surface area contributed by atoms with Crippen molar-refractivity contribution in [1.82, 2.24) is 10.3 Å². The van der Waals surface area contributed by atoms with Crippen LogP contribution in [0.4, 0.5) is 4.39 Å². The number of nitrogens with zero attached hydrogens (tertiary/aromatic N) is 2. The van der Waals surface area contributed by atoms with Gasteiger partial charge in [-0.25, -0.2) is 9.37 Å². The zero-order valence-electron chi connectivity index (χ0n) is 17.4. The van der Waals surface area contributed by atoms with E-state index in [1.54, 1.807) is 12.1 Å². The minimum atomic E-state index is -0.716. The van der Waals surface area contributed by atoms with Gasteiger partial charge >= 0.3 is 0 Å². The van der Waals surface area contributed by atoms with Crippen LogP contribution in [0, 0.1) is 17.1 Å². The Labute approximate surface area is 184 Å². The predicted octanol–water partition coefficient (Wildman–Crippen LogP) is 2.38. The second kappa shape index (κ2) is 9.32. The van der Waals surface area contributed by atoms with Crippen molar-refractivity contribution in [3.8, 4) is 11.9 Å². The molecule has 9 heteroatoms. The van der Waals surface area contributed by atoms with Crippen LogP contribution < -0.4 is 15.8 Å². The molecular formula is C23H23FN4O4. The van der Waals surface area contributed by atoms with Crippen LogP contribution in [0.5, 0.6) is 5.88 Å². The molecule has 0 radical (unpaired) electrons. The van der Waals surface area contributed by atoms with Gasteiger partial charge in [-0.15, -0.1) is 0 Å². The van der Waals surface area contributed by atoms with Crippen molar-refractivity contribution >= 4 is 11.8 Å². The van der Waals surface area contributed by atoms with Gasteiger partial charge in [0.05, 0.1) is 24.5 Å². The molecule has 166 valence electrons. The van der Waals surface area contributed by atoms with Crippen LogP contribution in [-0.2, 0) is 17.8 Å². The van der Waals surface area contributed by atoms with E-state index in [1.807, 2.05) is 0 Å². The van der Waals surface area contributed by atoms with Crippen LogP contribution in [0.1, 0.15) is 63.2 Å². The van der Waals surface area contributed by atoms with Crippen molar-refractivity contribution < 1.29 is 23.5 Å². The van der Waals surface area contributed by atoms with E-state index in [0.717, 1.165) is 17.3 Å². The molecule has 0 bridgehead atoms. The molecule has 1 aromatic heterocycles. The van der Waals surface area contributed by atoms with Crippen LogP contribution in [0.3, 0.4) is 0 Å². The third-order valence-electron chi connectivity index (χ3n) is 5.80. The zero-order valence-corrected chi connectivity index (χ0v) is 17.4. The number of fused-ring (bicyclic) bond motifs is 1. The van der Waals surface area contributed by atoms with Gasteiger partial charge in [-0.3, -0.25) is 9.59 Å². The number of amides is 2. The largest absolute Gasteiger partial charge is 0.474 e. The van der Waals surface area contributed by atoms with Crippen molar-refractivity contribution in [2.75, 3.05) is 6.61 Å². The first-order valence-electron chi connectivity index (χ1n) is 10.5. The first kappa shape index (κ1) is 21.7. The fourth-order valence-electron chi connectivity index (χ4n) is 4.03. The van der Waals surface area contributed by atoms with Gasteiger partial charge in [0.15, 0.2) is 0 Å². The monoisotopic (exact) mass is 438 g/mol. The number of pyridine rings is 1. The molecule has 1 saturated carbocycles. The van der Waals surface area contributed by atoms with Gasteiger partial charge in [0, 0.05) is 23.6 Å². The van der Waals surface area contributed by atoms with Gasteiger partial charge in [-0.05, 0) is 49.9 Å². The molecule has 2 amide bonds. The Bertz CT molecular complexity index is 1090. The molecule has 0 atom stereocenters. The predicted molar refractivity (Wildman–Crippen MR) is 111 cm³/mol. The maximum atomic E-state index is 13.8. The lowest BCUT2D eigenvalue weighted by Gasteiger charge is -2.30. The number of rotatable bonds is 5. The molecule has 32 heavy (non-hydrogen) atoms. The molecule has 2 aliphatic rings. The lowest BCUT2D eigenvalue weighted by Crippen LogP contribution is -2.40. The summed E-state index contributed by atoms with van der Waals surface area (Å²) in [5.41, 5.74) is 7.54. The van der Waals surface area contributed by atoms with Crippen molar-refractivity contribution in [2.45, 2.75) is 50.9 Å². The third-order valence-corrected chi connectivity index (χ3v) is 5.80. The van der Waals surface area contributed by atoms with Crippen LogP contribution in [0.25, 0.3) is 0 Å². The maximum absolute atomic E-state index is 13.8. The molecule has 2 aromatic rings. The fourth-order valence-corrected chi connectivity index (χ4v) is 4.03. The number of hydrogen-bond acceptors (Lipinski definition) is 6. The quantitative estimate of drug-likeness (QED) is 0.738. The van der Waals surface area contributed by atoms with Crippen LogP contribution in [-0.4, -0.2) is 35.6 Å². The lowest BCUT2D eigenvalue weighted by molar-refractivity contribution is 0.0875. The minimum absolute atomic E-state index is 0.0784. The Balaban J connectivity index is 1.36. The smallest absolute Gasteiger partial charge is 0.254 e. The van der Waals surface area contributed by atoms with E-state index in [2.05, 4.69) is 10.3 Å². The van der Waals surface area contributed by atoms with Crippen LogP contribution >= 0.6 is 0 Å². The molecule has 1 aliphatic carbocycles. The second-order valence-corrected chi connectivity index (χ2v) is 7.99. The highest BCUT2D eigenvalue weighted by molar-refractivity contribution is 5.95. The topological polar surface area (TPSA) is 127 Å². The number of halogens is 1. The van der Waals surface area contributed by atoms with Gasteiger partial charge in [-0.1, -0.05) is 0 Å². The number of hydrogen-bond donors (Lipinski definition) is 2. The SMILES string of the molecule is N#Cc1ccc(C(=O)N[C@H]2CC[C@H](Oc3nc4c(cc3C(N)=O)COCC4)CC2)cc1F. The number of benzene rings is 1. The fraction of sp³-hybridized carbons (Fsp3) is 0.391. The number of carbonyl (C=O) groups excluding carboxylic acids is 2. The first-order chi connectivity index (χ1) is 15.4. The minimum Gasteiger partial charge on any atom is -0.474 e. The summed E-state index contributed by atoms with van der Waals surface area (Å²) in [4.78, 5) is 28.8. The Hall–Kier alpha value is -3.51. The molecule has 3 N–H and O–H groups in total. The van der Waals surface area contributed by atoms with Gasteiger partial charge in [-0.2, -0.15) is 5.26 Å². The number of nitrogens with two attached hydrogens (primary N) is 1. The van der Waals surface area contributed by atoms with Crippen LogP contribution in [0.15, 0.2) is 24.3 Å². The molecule has 8 nitrogen and oxygen atoms in total. The average Bonchev–Trinajstić information content (AvgIpc) is 2.79. The third kappa shape index (κ3) is 4.70. The van der Waals surface area contributed by atoms with E-state index < -0.39 is 11.7 Å². The average molecular weight is 438 g/mol. The van der Waals surface area contributed by atoms with Crippen LogP contribution in [0.2, 0.25) is 0 Å². The summed E-state index contributed by atoms with van der Waals surface area (Å²) in [6.07, 6.45) is 3.15. The van der Waals surface area contributed by atoms with Crippen molar-refractivity contribution in [1.29, 1.82) is 5.26 Å². The summed E-state index contributed by atoms with van der Waals surface area (Å²) in [5.74, 6) is -1.45. The molecule has 2 heterocycles. The second-order valence-electron chi connectivity index (χ2n) is 7.99. The van der Waals surface area contributed by atoms with Gasteiger partial charge < -0.3 is 20.5 Å². The van der Waals surface area contributed by atoms with Gasteiger partial charge in [0.25, 0.3) is 11.8 Å². The zero-order chi connectivity index (χ0) is 22.7. The Morgan fingerprint density at radius 2 is 2.03 bits per heavy atom. The van der Waals surface area contributed by atoms with E-state index in [1.165, 1.54) is 12.1 Å². The number of ether oxygens (including phenoxy) is 2. The summed E-state index contributed by atoms with van der Waals surface area (Å²) < 4.78 is 25.2. The lowest BCUT2D eigenvalue weighted by atomic mass is 9.92. The highest BCUT2D eigenvalue weighted by atomic mass is 19.1. The molecule has 0 saturated heterocycles. The number of nitriles is 1. The maximum Gasteiger partial charge on any atom is 0.254 e.